The fraction of sp³-hybridized carbons (Fsp3) is 0.200. The molecule has 0 atom stereocenters. The Morgan fingerprint density at radius 3 is 2.31 bits per heavy atom. The van der Waals surface area contributed by atoms with Crippen LogP contribution >= 0.6 is 0 Å². The van der Waals surface area contributed by atoms with Crippen molar-refractivity contribution in [2.45, 2.75) is 33.4 Å². The minimum Gasteiger partial charge on any atom is -0.325 e. The highest BCUT2D eigenvalue weighted by molar-refractivity contribution is 5.91. The van der Waals surface area contributed by atoms with Crippen molar-refractivity contribution in [3.63, 3.8) is 0 Å². The third-order valence-corrected chi connectivity index (χ3v) is 5.40. The van der Waals surface area contributed by atoms with Crippen molar-refractivity contribution in [1.29, 1.82) is 0 Å². The third kappa shape index (κ3) is 4.37. The maximum Gasteiger partial charge on any atom is 0.332 e. The molecule has 4 aromatic rings. The lowest BCUT2D eigenvalue weighted by Gasteiger charge is -2.14. The Bertz CT molecular complexity index is 1380. The zero-order valence-electron chi connectivity index (χ0n) is 18.0. The predicted octanol–water partition coefficient (Wildman–Crippen LogP) is 3.12. The summed E-state index contributed by atoms with van der Waals surface area (Å²) in [6.45, 7) is 3.90. The normalized spacial score (nSPS) is 10.9. The van der Waals surface area contributed by atoms with E-state index in [0.717, 1.165) is 22.1 Å². The Balaban J connectivity index is 1.71. The van der Waals surface area contributed by atoms with E-state index in [1.807, 2.05) is 55.5 Å². The SMILES string of the molecule is CCc1ccc(NC(=O)Cn2c(=O)n(Cc3ccc(C)cc3)c(=O)c3ncccc32)cc1. The fourth-order valence-electron chi connectivity index (χ4n) is 3.58. The number of hydrogen-bond acceptors (Lipinski definition) is 4. The van der Waals surface area contributed by atoms with Crippen LogP contribution in [0.15, 0.2) is 76.4 Å². The molecule has 0 aliphatic heterocycles. The van der Waals surface area contributed by atoms with Gasteiger partial charge in [-0.05, 0) is 48.7 Å². The van der Waals surface area contributed by atoms with Crippen molar-refractivity contribution in [3.8, 4) is 0 Å². The Kier molecular flexibility index (Phi) is 5.98. The van der Waals surface area contributed by atoms with E-state index in [1.165, 1.54) is 16.3 Å². The second-order valence-electron chi connectivity index (χ2n) is 7.72. The maximum atomic E-state index is 13.3. The summed E-state index contributed by atoms with van der Waals surface area (Å²) in [6.07, 6.45) is 2.41. The Hall–Kier alpha value is -4.00. The van der Waals surface area contributed by atoms with Crippen LogP contribution in [0.3, 0.4) is 0 Å². The molecule has 0 fully saturated rings. The summed E-state index contributed by atoms with van der Waals surface area (Å²) in [5.41, 5.74) is 3.18. The van der Waals surface area contributed by atoms with E-state index in [-0.39, 0.29) is 24.5 Å². The lowest BCUT2D eigenvalue weighted by Crippen LogP contribution is -2.42. The van der Waals surface area contributed by atoms with Crippen molar-refractivity contribution in [2.75, 3.05) is 5.32 Å². The van der Waals surface area contributed by atoms with Gasteiger partial charge in [0.25, 0.3) is 5.56 Å². The first-order valence-corrected chi connectivity index (χ1v) is 10.5. The molecule has 2 aromatic heterocycles. The molecule has 7 nitrogen and oxygen atoms in total. The second kappa shape index (κ2) is 9.01. The van der Waals surface area contributed by atoms with E-state index in [2.05, 4.69) is 17.2 Å². The molecule has 2 heterocycles. The first-order valence-electron chi connectivity index (χ1n) is 10.5. The molecule has 162 valence electrons. The van der Waals surface area contributed by atoms with Crippen LogP contribution in [0.2, 0.25) is 0 Å². The molecule has 0 aliphatic rings. The van der Waals surface area contributed by atoms with Gasteiger partial charge in [0.15, 0.2) is 5.52 Å². The van der Waals surface area contributed by atoms with Crippen LogP contribution in [0.1, 0.15) is 23.6 Å². The topological polar surface area (TPSA) is 86.0 Å². The van der Waals surface area contributed by atoms with Crippen molar-refractivity contribution >= 4 is 22.6 Å². The molecule has 0 radical (unpaired) electrons. The lowest BCUT2D eigenvalue weighted by atomic mass is 10.1. The van der Waals surface area contributed by atoms with Gasteiger partial charge < -0.3 is 5.32 Å². The number of benzene rings is 2. The number of aryl methyl sites for hydroxylation is 2. The van der Waals surface area contributed by atoms with Gasteiger partial charge in [-0.3, -0.25) is 18.7 Å². The van der Waals surface area contributed by atoms with Crippen LogP contribution < -0.4 is 16.6 Å². The van der Waals surface area contributed by atoms with Gasteiger partial charge in [-0.15, -0.1) is 0 Å². The number of nitrogens with one attached hydrogen (secondary N) is 1. The largest absolute Gasteiger partial charge is 0.332 e. The first-order chi connectivity index (χ1) is 15.5. The van der Waals surface area contributed by atoms with E-state index < -0.39 is 11.2 Å². The van der Waals surface area contributed by atoms with E-state index in [1.54, 1.807) is 12.1 Å². The fourth-order valence-corrected chi connectivity index (χ4v) is 3.58. The molecule has 0 saturated heterocycles. The van der Waals surface area contributed by atoms with Crippen LogP contribution in [0, 0.1) is 6.92 Å². The number of nitrogens with zero attached hydrogens (tertiary/aromatic N) is 3. The van der Waals surface area contributed by atoms with E-state index in [9.17, 15) is 14.4 Å². The molecular formula is C25H24N4O3. The van der Waals surface area contributed by atoms with Crippen LogP contribution in [0.25, 0.3) is 11.0 Å². The highest BCUT2D eigenvalue weighted by Gasteiger charge is 2.16. The van der Waals surface area contributed by atoms with Gasteiger partial charge in [-0.25, -0.2) is 9.78 Å². The third-order valence-electron chi connectivity index (χ3n) is 5.40. The van der Waals surface area contributed by atoms with E-state index >= 15 is 0 Å². The standard InChI is InChI=1S/C25H24N4O3/c1-3-18-10-12-20(13-11-18)27-22(30)16-28-21-5-4-14-26-23(21)24(31)29(25(28)32)15-19-8-6-17(2)7-9-19/h4-14H,3,15-16H2,1-2H3,(H,27,30). The molecule has 0 bridgehead atoms. The molecule has 0 spiro atoms. The van der Waals surface area contributed by atoms with E-state index in [4.69, 9.17) is 0 Å². The molecule has 32 heavy (non-hydrogen) atoms. The van der Waals surface area contributed by atoms with Gasteiger partial charge >= 0.3 is 5.69 Å². The van der Waals surface area contributed by atoms with Gasteiger partial charge in [0.1, 0.15) is 6.54 Å². The zero-order valence-corrected chi connectivity index (χ0v) is 18.0. The Labute approximate surface area is 185 Å². The number of carbonyl (C=O) groups is 1. The molecular weight excluding hydrogens is 404 g/mol. The number of rotatable bonds is 6. The molecule has 0 unspecified atom stereocenters. The zero-order chi connectivity index (χ0) is 22.7. The molecule has 4 rings (SSSR count). The maximum absolute atomic E-state index is 13.3. The minimum atomic E-state index is -0.549. The number of anilines is 1. The molecule has 1 amide bonds. The predicted molar refractivity (Wildman–Crippen MR) is 125 cm³/mol. The summed E-state index contributed by atoms with van der Waals surface area (Å²) in [4.78, 5) is 43.2. The summed E-state index contributed by atoms with van der Waals surface area (Å²) >= 11 is 0. The Morgan fingerprint density at radius 1 is 0.938 bits per heavy atom. The monoisotopic (exact) mass is 428 g/mol. The molecule has 2 aromatic carbocycles. The molecule has 0 aliphatic carbocycles. The van der Waals surface area contributed by atoms with Crippen LogP contribution in [-0.2, 0) is 24.3 Å². The van der Waals surface area contributed by atoms with Crippen molar-refractivity contribution in [3.05, 3.63) is 104 Å². The second-order valence-corrected chi connectivity index (χ2v) is 7.72. The van der Waals surface area contributed by atoms with Gasteiger partial charge in [-0.2, -0.15) is 0 Å². The minimum absolute atomic E-state index is 0.102. The molecule has 0 saturated carbocycles. The molecule has 1 N–H and O–H groups in total. The summed E-state index contributed by atoms with van der Waals surface area (Å²) < 4.78 is 2.43. The average Bonchev–Trinajstić information content (AvgIpc) is 2.81. The number of amides is 1. The van der Waals surface area contributed by atoms with Crippen molar-refractivity contribution < 1.29 is 4.79 Å². The first kappa shape index (κ1) is 21.2. The summed E-state index contributed by atoms with van der Waals surface area (Å²) in [7, 11) is 0. The smallest absolute Gasteiger partial charge is 0.325 e. The van der Waals surface area contributed by atoms with Gasteiger partial charge in [-0.1, -0.05) is 48.9 Å². The van der Waals surface area contributed by atoms with Crippen LogP contribution in [-0.4, -0.2) is 20.0 Å². The van der Waals surface area contributed by atoms with Gasteiger partial charge in [0.2, 0.25) is 5.91 Å². The number of aromatic nitrogens is 3. The quantitative estimate of drug-likeness (QED) is 0.511. The average molecular weight is 428 g/mol. The number of pyridine rings is 1. The summed E-state index contributed by atoms with van der Waals surface area (Å²) in [5.74, 6) is -0.359. The van der Waals surface area contributed by atoms with Crippen LogP contribution in [0.4, 0.5) is 5.69 Å². The summed E-state index contributed by atoms with van der Waals surface area (Å²) in [6, 6.07) is 18.4. The van der Waals surface area contributed by atoms with Crippen molar-refractivity contribution in [2.24, 2.45) is 0 Å². The summed E-state index contributed by atoms with van der Waals surface area (Å²) in [5, 5.41) is 2.82. The van der Waals surface area contributed by atoms with Crippen molar-refractivity contribution in [1.82, 2.24) is 14.1 Å². The molecule has 7 heteroatoms. The van der Waals surface area contributed by atoms with Crippen LogP contribution in [0.5, 0.6) is 0 Å². The van der Waals surface area contributed by atoms with Gasteiger partial charge in [0.05, 0.1) is 12.1 Å². The lowest BCUT2D eigenvalue weighted by molar-refractivity contribution is -0.116. The number of fused-ring (bicyclic) bond motifs is 1. The van der Waals surface area contributed by atoms with E-state index in [0.29, 0.717) is 11.2 Å². The van der Waals surface area contributed by atoms with Gasteiger partial charge in [0, 0.05) is 11.9 Å². The number of carbonyl (C=O) groups excluding carboxylic acids is 1. The number of hydrogen-bond donors (Lipinski definition) is 1. The highest BCUT2D eigenvalue weighted by atomic mass is 16.2. The highest BCUT2D eigenvalue weighted by Crippen LogP contribution is 2.11. The Morgan fingerprint density at radius 2 is 1.62 bits per heavy atom.